The number of aryl methyl sites for hydroxylation is 1. The van der Waals surface area contributed by atoms with Crippen molar-refractivity contribution in [1.82, 2.24) is 9.55 Å². The lowest BCUT2D eigenvalue weighted by Crippen LogP contribution is -2.17. The number of hydrogen-bond acceptors (Lipinski definition) is 3. The summed E-state index contributed by atoms with van der Waals surface area (Å²) >= 11 is 0. The number of halogens is 1. The van der Waals surface area contributed by atoms with Gasteiger partial charge in [0.1, 0.15) is 5.84 Å². The minimum atomic E-state index is -0.945. The zero-order valence-electron chi connectivity index (χ0n) is 14.3. The number of benzene rings is 2. The molecule has 5 N–H and O–H groups in total. The minimum Gasteiger partial charge on any atom is -0.481 e. The van der Waals surface area contributed by atoms with E-state index >= 15 is 0 Å². The highest BCUT2D eigenvalue weighted by atomic mass is 35.5. The quantitative estimate of drug-likeness (QED) is 0.384. The standard InChI is InChI=1S/C19H18N4O3.ClH/c20-18(21)15-7-3-13(4-8-15)12-1-5-14(6-2-12)16-11-23(19(26)22-16)10-9-17(24)25;/h1-8,11H,9-10H2,(H3,20,21)(H,22,26)(H,24,25);1H. The second-order valence-corrected chi connectivity index (χ2v) is 5.88. The molecule has 2 aromatic carbocycles. The molecule has 0 aliphatic carbocycles. The van der Waals surface area contributed by atoms with Crippen molar-refractivity contribution in [1.29, 1.82) is 5.41 Å². The Bertz CT molecular complexity index is 1000. The van der Waals surface area contributed by atoms with Crippen LogP contribution in [0.15, 0.2) is 59.5 Å². The van der Waals surface area contributed by atoms with E-state index < -0.39 is 5.97 Å². The third-order valence-corrected chi connectivity index (χ3v) is 4.08. The number of nitrogens with two attached hydrogens (primary N) is 1. The summed E-state index contributed by atoms with van der Waals surface area (Å²) in [4.78, 5) is 25.3. The third-order valence-electron chi connectivity index (χ3n) is 4.08. The molecule has 0 saturated heterocycles. The number of amidine groups is 1. The van der Waals surface area contributed by atoms with Gasteiger partial charge >= 0.3 is 11.7 Å². The smallest absolute Gasteiger partial charge is 0.325 e. The summed E-state index contributed by atoms with van der Waals surface area (Å²) in [5.41, 5.74) is 9.26. The number of aliphatic carboxylic acids is 1. The van der Waals surface area contributed by atoms with Crippen LogP contribution in [0, 0.1) is 5.41 Å². The summed E-state index contributed by atoms with van der Waals surface area (Å²) in [6, 6.07) is 15.0. The molecule has 0 spiro atoms. The molecule has 27 heavy (non-hydrogen) atoms. The molecule has 0 aliphatic rings. The Balaban J connectivity index is 0.00000261. The first kappa shape index (κ1) is 20.0. The maximum atomic E-state index is 11.9. The molecule has 0 radical (unpaired) electrons. The average molecular weight is 387 g/mol. The highest BCUT2D eigenvalue weighted by molar-refractivity contribution is 5.95. The zero-order chi connectivity index (χ0) is 18.7. The fourth-order valence-electron chi connectivity index (χ4n) is 2.65. The lowest BCUT2D eigenvalue weighted by molar-refractivity contribution is -0.137. The molecule has 0 atom stereocenters. The van der Waals surface area contributed by atoms with Crippen LogP contribution < -0.4 is 11.4 Å². The monoisotopic (exact) mass is 386 g/mol. The molecule has 0 aliphatic heterocycles. The van der Waals surface area contributed by atoms with Crippen molar-refractivity contribution in [2.75, 3.05) is 0 Å². The predicted octanol–water partition coefficient (Wildman–Crippen LogP) is 2.69. The van der Waals surface area contributed by atoms with Gasteiger partial charge in [0.2, 0.25) is 0 Å². The fraction of sp³-hybridized carbons (Fsp3) is 0.105. The Labute approximate surface area is 161 Å². The first-order valence-corrected chi connectivity index (χ1v) is 8.00. The van der Waals surface area contributed by atoms with Crippen LogP contribution in [0.5, 0.6) is 0 Å². The van der Waals surface area contributed by atoms with Crippen LogP contribution in [0.2, 0.25) is 0 Å². The summed E-state index contributed by atoms with van der Waals surface area (Å²) in [7, 11) is 0. The molecule has 0 fully saturated rings. The van der Waals surface area contributed by atoms with Gasteiger partial charge in [0, 0.05) is 18.3 Å². The van der Waals surface area contributed by atoms with Crippen LogP contribution in [-0.2, 0) is 11.3 Å². The molecule has 7 nitrogen and oxygen atoms in total. The number of nitrogens with zero attached hydrogens (tertiary/aromatic N) is 1. The summed E-state index contributed by atoms with van der Waals surface area (Å²) in [5.74, 6) is -0.914. The summed E-state index contributed by atoms with van der Waals surface area (Å²) in [6.45, 7) is 0.130. The van der Waals surface area contributed by atoms with Crippen LogP contribution in [0.4, 0.5) is 0 Å². The first-order chi connectivity index (χ1) is 12.4. The lowest BCUT2D eigenvalue weighted by atomic mass is 10.0. The first-order valence-electron chi connectivity index (χ1n) is 8.00. The van der Waals surface area contributed by atoms with Crippen LogP contribution in [0.1, 0.15) is 12.0 Å². The van der Waals surface area contributed by atoms with Gasteiger partial charge in [-0.2, -0.15) is 0 Å². The molecule has 3 rings (SSSR count). The zero-order valence-corrected chi connectivity index (χ0v) is 15.1. The number of hydrogen-bond donors (Lipinski definition) is 4. The van der Waals surface area contributed by atoms with Crippen molar-refractivity contribution in [2.45, 2.75) is 13.0 Å². The number of imidazole rings is 1. The molecule has 1 heterocycles. The highest BCUT2D eigenvalue weighted by Crippen LogP contribution is 2.24. The SMILES string of the molecule is Cl.N=C(N)c1ccc(-c2ccc(-c3cn(CCC(=O)O)c(=O)[nH]3)cc2)cc1. The Morgan fingerprint density at radius 1 is 1.04 bits per heavy atom. The van der Waals surface area contributed by atoms with Gasteiger partial charge in [0.25, 0.3) is 0 Å². The highest BCUT2D eigenvalue weighted by Gasteiger charge is 2.07. The number of aromatic nitrogens is 2. The van der Waals surface area contributed by atoms with Crippen LogP contribution in [0.3, 0.4) is 0 Å². The van der Waals surface area contributed by atoms with Gasteiger partial charge in [-0.15, -0.1) is 12.4 Å². The third kappa shape index (κ3) is 4.65. The van der Waals surface area contributed by atoms with Gasteiger partial charge < -0.3 is 15.8 Å². The van der Waals surface area contributed by atoms with E-state index in [4.69, 9.17) is 16.2 Å². The molecular formula is C19H19ClN4O3. The van der Waals surface area contributed by atoms with Crippen LogP contribution in [-0.4, -0.2) is 26.5 Å². The van der Waals surface area contributed by atoms with E-state index in [-0.39, 0.29) is 36.9 Å². The van der Waals surface area contributed by atoms with Crippen molar-refractivity contribution < 1.29 is 9.90 Å². The van der Waals surface area contributed by atoms with Gasteiger partial charge in [-0.05, 0) is 16.7 Å². The van der Waals surface area contributed by atoms with E-state index in [0.29, 0.717) is 11.3 Å². The van der Waals surface area contributed by atoms with Crippen LogP contribution in [0.25, 0.3) is 22.4 Å². The van der Waals surface area contributed by atoms with E-state index in [9.17, 15) is 9.59 Å². The maximum absolute atomic E-state index is 11.9. The number of carbonyl (C=O) groups is 1. The van der Waals surface area contributed by atoms with Gasteiger partial charge in [-0.1, -0.05) is 48.5 Å². The molecule has 0 amide bonds. The second kappa shape index (κ2) is 8.37. The summed E-state index contributed by atoms with van der Waals surface area (Å²) in [5, 5.41) is 16.2. The van der Waals surface area contributed by atoms with Crippen molar-refractivity contribution in [3.05, 3.63) is 70.8 Å². The maximum Gasteiger partial charge on any atom is 0.325 e. The molecule has 1 aromatic heterocycles. The number of carboxylic acid groups (broad SMARTS) is 1. The average Bonchev–Trinajstić information content (AvgIpc) is 3.01. The lowest BCUT2D eigenvalue weighted by Gasteiger charge is -2.05. The number of H-pyrrole nitrogens is 1. The van der Waals surface area contributed by atoms with Gasteiger partial charge in [0.05, 0.1) is 12.1 Å². The Hall–Kier alpha value is -3.32. The van der Waals surface area contributed by atoms with Gasteiger partial charge in [0.15, 0.2) is 0 Å². The topological polar surface area (TPSA) is 125 Å². The Morgan fingerprint density at radius 3 is 2.07 bits per heavy atom. The predicted molar refractivity (Wildman–Crippen MR) is 106 cm³/mol. The number of nitrogen functional groups attached to an aromatic ring is 1. The van der Waals surface area contributed by atoms with E-state index in [1.165, 1.54) is 4.57 Å². The molecule has 8 heteroatoms. The molecule has 0 unspecified atom stereocenters. The number of rotatable bonds is 6. The number of carboxylic acids is 1. The van der Waals surface area contributed by atoms with Crippen molar-refractivity contribution in [2.24, 2.45) is 5.73 Å². The molecule has 0 saturated carbocycles. The normalized spacial score (nSPS) is 10.2. The summed E-state index contributed by atoms with van der Waals surface area (Å²) < 4.78 is 1.36. The second-order valence-electron chi connectivity index (χ2n) is 5.88. The van der Waals surface area contributed by atoms with Crippen molar-refractivity contribution in [3.63, 3.8) is 0 Å². The van der Waals surface area contributed by atoms with E-state index in [1.807, 2.05) is 36.4 Å². The van der Waals surface area contributed by atoms with Crippen molar-refractivity contribution in [3.8, 4) is 22.4 Å². The van der Waals surface area contributed by atoms with Gasteiger partial charge in [-0.3, -0.25) is 14.8 Å². The number of nitrogens with one attached hydrogen (secondary N) is 2. The van der Waals surface area contributed by atoms with Crippen LogP contribution >= 0.6 is 12.4 Å². The van der Waals surface area contributed by atoms with E-state index in [1.54, 1.807) is 18.3 Å². The molecular weight excluding hydrogens is 368 g/mol. The molecule has 140 valence electrons. The largest absolute Gasteiger partial charge is 0.481 e. The molecule has 0 bridgehead atoms. The minimum absolute atomic E-state index is 0. The Kier molecular flexibility index (Phi) is 6.20. The number of aromatic amines is 1. The van der Waals surface area contributed by atoms with Crippen molar-refractivity contribution >= 4 is 24.2 Å². The molecule has 3 aromatic rings. The van der Waals surface area contributed by atoms with E-state index in [2.05, 4.69) is 4.98 Å². The van der Waals surface area contributed by atoms with Gasteiger partial charge in [-0.25, -0.2) is 4.79 Å². The Morgan fingerprint density at radius 2 is 1.56 bits per heavy atom. The fourth-order valence-corrected chi connectivity index (χ4v) is 2.65. The summed E-state index contributed by atoms with van der Waals surface area (Å²) in [6.07, 6.45) is 1.52. The van der Waals surface area contributed by atoms with E-state index in [0.717, 1.165) is 16.7 Å².